The van der Waals surface area contributed by atoms with Gasteiger partial charge in [-0.15, -0.1) is 10.2 Å². The lowest BCUT2D eigenvalue weighted by molar-refractivity contribution is 1.20. The van der Waals surface area contributed by atoms with Crippen molar-refractivity contribution in [1.29, 1.82) is 0 Å². The molecular weight excluding hydrogens is 192 g/mol. The van der Waals surface area contributed by atoms with Gasteiger partial charge in [-0.3, -0.25) is 0 Å². The summed E-state index contributed by atoms with van der Waals surface area (Å²) in [5.41, 5.74) is 1.86. The highest BCUT2D eigenvalue weighted by Gasteiger charge is 2.03. The topological polar surface area (TPSA) is 51.6 Å². The first kappa shape index (κ1) is 6.38. The number of nitrogens with zero attached hydrogens (tertiary/aromatic N) is 4. The van der Waals surface area contributed by atoms with Crippen LogP contribution < -0.4 is 0 Å². The van der Waals surface area contributed by atoms with E-state index in [0.717, 1.165) is 20.4 Å². The van der Waals surface area contributed by atoms with Gasteiger partial charge in [0.15, 0.2) is 0 Å². The van der Waals surface area contributed by atoms with Crippen LogP contribution >= 0.6 is 23.1 Å². The van der Waals surface area contributed by atoms with E-state index < -0.39 is 0 Å². The predicted octanol–water partition coefficient (Wildman–Crippen LogP) is 1.70. The average Bonchev–Trinajstić information content (AvgIpc) is 2.64. The molecule has 4 nitrogen and oxygen atoms in total. The van der Waals surface area contributed by atoms with Crippen molar-refractivity contribution in [3.05, 3.63) is 12.1 Å². The van der Waals surface area contributed by atoms with E-state index in [4.69, 9.17) is 0 Å². The van der Waals surface area contributed by atoms with Gasteiger partial charge in [-0.05, 0) is 35.2 Å². The van der Waals surface area contributed by atoms with Crippen molar-refractivity contribution >= 4 is 43.5 Å². The number of benzene rings is 1. The Morgan fingerprint density at radius 1 is 0.833 bits per heavy atom. The molecule has 0 atom stereocenters. The van der Waals surface area contributed by atoms with Crippen LogP contribution in [0.4, 0.5) is 0 Å². The fraction of sp³-hybridized carbons (Fsp3) is 0. The third-order valence-corrected chi connectivity index (χ3v) is 2.99. The molecule has 6 heteroatoms. The summed E-state index contributed by atoms with van der Waals surface area (Å²) in [6, 6.07) is 3.94. The largest absolute Gasteiger partial charge is 0.138 e. The van der Waals surface area contributed by atoms with Crippen LogP contribution in [0.2, 0.25) is 0 Å². The Labute approximate surface area is 75.2 Å². The molecule has 0 saturated heterocycles. The minimum absolute atomic E-state index is 0.929. The Balaban J connectivity index is 2.62. The second-order valence-electron chi connectivity index (χ2n) is 2.33. The van der Waals surface area contributed by atoms with E-state index >= 15 is 0 Å². The van der Waals surface area contributed by atoms with E-state index in [9.17, 15) is 0 Å². The van der Waals surface area contributed by atoms with E-state index in [1.807, 2.05) is 12.1 Å². The molecule has 2 aromatic heterocycles. The van der Waals surface area contributed by atoms with Crippen molar-refractivity contribution in [2.75, 3.05) is 0 Å². The number of fused-ring (bicyclic) bond motifs is 2. The number of rotatable bonds is 0. The highest BCUT2D eigenvalue weighted by molar-refractivity contribution is 7.14. The van der Waals surface area contributed by atoms with Gasteiger partial charge in [0.05, 0.1) is 9.40 Å². The molecule has 1 aromatic carbocycles. The average molecular weight is 194 g/mol. The lowest BCUT2D eigenvalue weighted by Gasteiger charge is -1.83. The second kappa shape index (κ2) is 2.18. The van der Waals surface area contributed by atoms with Crippen LogP contribution in [0.15, 0.2) is 12.1 Å². The maximum absolute atomic E-state index is 3.97. The molecule has 0 unspecified atom stereocenters. The lowest BCUT2D eigenvalue weighted by atomic mass is 10.3. The summed E-state index contributed by atoms with van der Waals surface area (Å²) < 4.78 is 9.83. The van der Waals surface area contributed by atoms with E-state index in [0.29, 0.717) is 0 Å². The first-order valence-electron chi connectivity index (χ1n) is 3.28. The Morgan fingerprint density at radius 2 is 1.33 bits per heavy atom. The smallest absolute Gasteiger partial charge is 0.107 e. The molecule has 0 bridgehead atoms. The van der Waals surface area contributed by atoms with E-state index in [1.54, 1.807) is 0 Å². The molecule has 0 spiro atoms. The highest BCUT2D eigenvalue weighted by Crippen LogP contribution is 2.23. The molecule has 0 fully saturated rings. The van der Waals surface area contributed by atoms with Crippen LogP contribution in [0.5, 0.6) is 0 Å². The Morgan fingerprint density at radius 3 is 1.83 bits per heavy atom. The van der Waals surface area contributed by atoms with Gasteiger partial charge in [-0.25, -0.2) is 0 Å². The van der Waals surface area contributed by atoms with Crippen LogP contribution in [0.1, 0.15) is 0 Å². The van der Waals surface area contributed by atoms with Gasteiger partial charge in [0.25, 0.3) is 0 Å². The van der Waals surface area contributed by atoms with E-state index in [1.165, 1.54) is 23.1 Å². The number of hydrogen-bond donors (Lipinski definition) is 0. The quantitative estimate of drug-likeness (QED) is 0.546. The van der Waals surface area contributed by atoms with Crippen molar-refractivity contribution < 1.29 is 0 Å². The third kappa shape index (κ3) is 0.759. The van der Waals surface area contributed by atoms with Crippen LogP contribution in [-0.2, 0) is 0 Å². The fourth-order valence-corrected chi connectivity index (χ4v) is 2.21. The fourth-order valence-electron chi connectivity index (χ4n) is 1.06. The monoisotopic (exact) mass is 194 g/mol. The maximum atomic E-state index is 3.97. The zero-order valence-electron chi connectivity index (χ0n) is 5.76. The molecule has 0 saturated carbocycles. The Hall–Kier alpha value is -1.14. The van der Waals surface area contributed by atoms with Crippen molar-refractivity contribution in [3.63, 3.8) is 0 Å². The summed E-state index contributed by atoms with van der Waals surface area (Å²) in [6.45, 7) is 0. The molecule has 0 aliphatic carbocycles. The molecule has 58 valence electrons. The van der Waals surface area contributed by atoms with Gasteiger partial charge in [-0.1, -0.05) is 8.98 Å². The van der Waals surface area contributed by atoms with Gasteiger partial charge in [0.2, 0.25) is 0 Å². The second-order valence-corrected chi connectivity index (χ2v) is 3.90. The predicted molar refractivity (Wildman–Crippen MR) is 48.4 cm³/mol. The SMILES string of the molecule is c1c2nnsc2cc2nnsc12. The van der Waals surface area contributed by atoms with E-state index in [2.05, 4.69) is 19.2 Å². The van der Waals surface area contributed by atoms with Crippen LogP contribution in [0, 0.1) is 0 Å². The summed E-state index contributed by atoms with van der Waals surface area (Å²) in [4.78, 5) is 0. The normalized spacial score (nSPS) is 11.3. The van der Waals surface area contributed by atoms with Gasteiger partial charge in [0, 0.05) is 0 Å². The van der Waals surface area contributed by atoms with Crippen molar-refractivity contribution in [2.24, 2.45) is 0 Å². The molecule has 3 rings (SSSR count). The summed E-state index contributed by atoms with van der Waals surface area (Å²) in [5.74, 6) is 0. The van der Waals surface area contributed by atoms with Crippen LogP contribution in [0.3, 0.4) is 0 Å². The third-order valence-electron chi connectivity index (χ3n) is 1.62. The Bertz CT molecular complexity index is 449. The van der Waals surface area contributed by atoms with Gasteiger partial charge in [-0.2, -0.15) is 0 Å². The molecule has 2 heterocycles. The summed E-state index contributed by atoms with van der Waals surface area (Å²) in [7, 11) is 0. The first-order valence-corrected chi connectivity index (χ1v) is 4.82. The van der Waals surface area contributed by atoms with Crippen molar-refractivity contribution in [2.45, 2.75) is 0 Å². The number of hydrogen-bond acceptors (Lipinski definition) is 6. The summed E-state index contributed by atoms with van der Waals surface area (Å²) in [5, 5.41) is 7.94. The number of aromatic nitrogens is 4. The summed E-state index contributed by atoms with van der Waals surface area (Å²) >= 11 is 2.76. The minimum atomic E-state index is 0.929. The molecular formula is C6H2N4S2. The lowest BCUT2D eigenvalue weighted by Crippen LogP contribution is -1.69. The van der Waals surface area contributed by atoms with Crippen molar-refractivity contribution in [3.8, 4) is 0 Å². The maximum Gasteiger partial charge on any atom is 0.107 e. The van der Waals surface area contributed by atoms with E-state index in [-0.39, 0.29) is 0 Å². The molecule has 0 amide bonds. The standard InChI is InChI=1S/C6H2N4S2/c1-3-6(12-9-7-3)2-4-5(1)11-10-8-4/h1-2H. The zero-order valence-corrected chi connectivity index (χ0v) is 7.39. The minimum Gasteiger partial charge on any atom is -0.138 e. The molecule has 0 aliphatic rings. The van der Waals surface area contributed by atoms with Crippen LogP contribution in [0.25, 0.3) is 20.4 Å². The molecule has 12 heavy (non-hydrogen) atoms. The highest BCUT2D eigenvalue weighted by atomic mass is 32.1. The zero-order chi connectivity index (χ0) is 7.97. The van der Waals surface area contributed by atoms with Gasteiger partial charge in [0.1, 0.15) is 11.0 Å². The summed E-state index contributed by atoms with van der Waals surface area (Å²) in [6.07, 6.45) is 0. The Kier molecular flexibility index (Phi) is 1.16. The molecule has 0 radical (unpaired) electrons. The molecule has 0 N–H and O–H groups in total. The van der Waals surface area contributed by atoms with Gasteiger partial charge >= 0.3 is 0 Å². The first-order chi connectivity index (χ1) is 5.93. The molecule has 0 aliphatic heterocycles. The van der Waals surface area contributed by atoms with Crippen LogP contribution in [-0.4, -0.2) is 19.2 Å². The van der Waals surface area contributed by atoms with Gasteiger partial charge < -0.3 is 0 Å². The molecule has 3 aromatic rings. The van der Waals surface area contributed by atoms with Crippen molar-refractivity contribution in [1.82, 2.24) is 19.2 Å².